The Morgan fingerprint density at radius 3 is 2.65 bits per heavy atom. The average molecular weight is 300 g/mol. The first-order valence-corrected chi connectivity index (χ1v) is 6.74. The van der Waals surface area contributed by atoms with Crippen LogP contribution in [0.3, 0.4) is 0 Å². The molecule has 0 unspecified atom stereocenters. The van der Waals surface area contributed by atoms with E-state index in [2.05, 4.69) is 9.97 Å². The van der Waals surface area contributed by atoms with E-state index in [1.54, 1.807) is 6.92 Å². The van der Waals surface area contributed by atoms with Crippen LogP contribution in [-0.2, 0) is 9.53 Å². The molecule has 1 heterocycles. The van der Waals surface area contributed by atoms with E-state index < -0.39 is 5.97 Å². The Bertz CT molecular complexity index is 480. The van der Waals surface area contributed by atoms with Crippen molar-refractivity contribution in [2.24, 2.45) is 5.92 Å². The number of hydrogen-bond donors (Lipinski definition) is 0. The van der Waals surface area contributed by atoms with E-state index in [-0.39, 0.29) is 35.8 Å². The molecule has 0 aliphatic rings. The Labute approximate surface area is 123 Å². The minimum Gasteiger partial charge on any atom is -0.465 e. The number of carbonyl (C=O) groups excluding carboxylic acids is 2. The molecular weight excluding hydrogens is 282 g/mol. The Hall–Kier alpha value is -1.69. The first kappa shape index (κ1) is 16.4. The normalized spacial score (nSPS) is 10.4. The van der Waals surface area contributed by atoms with Gasteiger partial charge in [-0.25, -0.2) is 4.98 Å². The van der Waals surface area contributed by atoms with Crippen LogP contribution in [0.5, 0.6) is 0 Å². The van der Waals surface area contributed by atoms with Crippen LogP contribution in [0.4, 0.5) is 0 Å². The Kier molecular flexibility index (Phi) is 6.38. The molecule has 0 aliphatic carbocycles. The topological polar surface area (TPSA) is 72.4 Å². The molecule has 7 heteroatoms. The summed E-state index contributed by atoms with van der Waals surface area (Å²) >= 11 is 5.72. The lowest BCUT2D eigenvalue weighted by atomic mass is 10.2. The van der Waals surface area contributed by atoms with Crippen molar-refractivity contribution >= 4 is 23.5 Å². The second-order valence-corrected chi connectivity index (χ2v) is 5.00. The maximum atomic E-state index is 12.3. The number of carbonyl (C=O) groups is 2. The Morgan fingerprint density at radius 2 is 2.10 bits per heavy atom. The standard InChI is InChI=1S/C13H18ClN3O3/c1-4-20-12(18)8-17(7-9(2)3)13(19)10-5-15-6-11(14)16-10/h5-6,9H,4,7-8H2,1-3H3. The molecular formula is C13H18ClN3O3. The van der Waals surface area contributed by atoms with Gasteiger partial charge in [-0.3, -0.25) is 14.6 Å². The molecule has 0 atom stereocenters. The highest BCUT2D eigenvalue weighted by atomic mass is 35.5. The molecule has 1 aromatic rings. The third kappa shape index (κ3) is 5.13. The van der Waals surface area contributed by atoms with Crippen LogP contribution in [0.25, 0.3) is 0 Å². The van der Waals surface area contributed by atoms with E-state index in [1.165, 1.54) is 17.3 Å². The maximum Gasteiger partial charge on any atom is 0.325 e. The van der Waals surface area contributed by atoms with Crippen LogP contribution in [-0.4, -0.2) is 46.4 Å². The smallest absolute Gasteiger partial charge is 0.325 e. The molecule has 0 aliphatic heterocycles. The van der Waals surface area contributed by atoms with Crippen LogP contribution in [0.15, 0.2) is 12.4 Å². The molecule has 1 aromatic heterocycles. The number of hydrogen-bond acceptors (Lipinski definition) is 5. The van der Waals surface area contributed by atoms with E-state index in [0.717, 1.165) is 0 Å². The van der Waals surface area contributed by atoms with Crippen LogP contribution in [0.1, 0.15) is 31.3 Å². The number of esters is 1. The van der Waals surface area contributed by atoms with Gasteiger partial charge < -0.3 is 9.64 Å². The molecule has 6 nitrogen and oxygen atoms in total. The van der Waals surface area contributed by atoms with E-state index in [1.807, 2.05) is 13.8 Å². The van der Waals surface area contributed by atoms with Crippen molar-refractivity contribution in [3.05, 3.63) is 23.2 Å². The highest BCUT2D eigenvalue weighted by molar-refractivity contribution is 6.29. The fraction of sp³-hybridized carbons (Fsp3) is 0.538. The summed E-state index contributed by atoms with van der Waals surface area (Å²) in [5.74, 6) is -0.626. The number of nitrogens with zero attached hydrogens (tertiary/aromatic N) is 3. The highest BCUT2D eigenvalue weighted by Crippen LogP contribution is 2.08. The lowest BCUT2D eigenvalue weighted by molar-refractivity contribution is -0.143. The summed E-state index contributed by atoms with van der Waals surface area (Å²) in [5, 5.41) is 0.136. The van der Waals surface area contributed by atoms with Crippen molar-refractivity contribution in [2.45, 2.75) is 20.8 Å². The highest BCUT2D eigenvalue weighted by Gasteiger charge is 2.22. The SMILES string of the molecule is CCOC(=O)CN(CC(C)C)C(=O)c1cncc(Cl)n1. The minimum atomic E-state index is -0.448. The molecule has 1 rings (SSSR count). The zero-order valence-electron chi connectivity index (χ0n) is 11.8. The van der Waals surface area contributed by atoms with Crippen molar-refractivity contribution in [3.63, 3.8) is 0 Å². The predicted octanol–water partition coefficient (Wildman–Crippen LogP) is 1.79. The summed E-state index contributed by atoms with van der Waals surface area (Å²) in [6, 6.07) is 0. The van der Waals surface area contributed by atoms with E-state index >= 15 is 0 Å². The Morgan fingerprint density at radius 1 is 1.40 bits per heavy atom. The van der Waals surface area contributed by atoms with Crippen LogP contribution < -0.4 is 0 Å². The first-order valence-electron chi connectivity index (χ1n) is 6.36. The van der Waals surface area contributed by atoms with Crippen LogP contribution >= 0.6 is 11.6 Å². The molecule has 0 fully saturated rings. The van der Waals surface area contributed by atoms with E-state index in [4.69, 9.17) is 16.3 Å². The zero-order chi connectivity index (χ0) is 15.1. The van der Waals surface area contributed by atoms with Gasteiger partial charge in [0, 0.05) is 6.54 Å². The summed E-state index contributed by atoms with van der Waals surface area (Å²) in [7, 11) is 0. The number of halogens is 1. The second-order valence-electron chi connectivity index (χ2n) is 4.61. The third-order valence-electron chi connectivity index (χ3n) is 2.32. The summed E-state index contributed by atoms with van der Waals surface area (Å²) in [6.45, 7) is 6.21. The van der Waals surface area contributed by atoms with Gasteiger partial charge in [-0.15, -0.1) is 0 Å². The maximum absolute atomic E-state index is 12.3. The average Bonchev–Trinajstić information content (AvgIpc) is 2.37. The molecule has 1 amide bonds. The first-order chi connectivity index (χ1) is 9.43. The van der Waals surface area contributed by atoms with Crippen LogP contribution in [0.2, 0.25) is 5.15 Å². The van der Waals surface area contributed by atoms with Gasteiger partial charge in [0.1, 0.15) is 17.4 Å². The predicted molar refractivity (Wildman–Crippen MR) is 74.4 cm³/mol. The minimum absolute atomic E-state index is 0.112. The van der Waals surface area contributed by atoms with Crippen molar-refractivity contribution in [3.8, 4) is 0 Å². The van der Waals surface area contributed by atoms with Gasteiger partial charge in [0.05, 0.1) is 19.0 Å². The second kappa shape index (κ2) is 7.79. The van der Waals surface area contributed by atoms with Crippen molar-refractivity contribution < 1.29 is 14.3 Å². The van der Waals surface area contributed by atoms with Crippen molar-refractivity contribution in [2.75, 3.05) is 19.7 Å². The quantitative estimate of drug-likeness (QED) is 0.749. The molecule has 20 heavy (non-hydrogen) atoms. The zero-order valence-corrected chi connectivity index (χ0v) is 12.6. The van der Waals surface area contributed by atoms with Gasteiger partial charge in [-0.1, -0.05) is 25.4 Å². The lowest BCUT2D eigenvalue weighted by Gasteiger charge is -2.23. The van der Waals surface area contributed by atoms with Gasteiger partial charge >= 0.3 is 5.97 Å². The lowest BCUT2D eigenvalue weighted by Crippen LogP contribution is -2.39. The summed E-state index contributed by atoms with van der Waals surface area (Å²) in [4.78, 5) is 33.0. The number of aromatic nitrogens is 2. The third-order valence-corrected chi connectivity index (χ3v) is 2.50. The molecule has 0 radical (unpaired) electrons. The fourth-order valence-corrected chi connectivity index (χ4v) is 1.78. The van der Waals surface area contributed by atoms with Crippen molar-refractivity contribution in [1.82, 2.24) is 14.9 Å². The summed E-state index contributed by atoms with van der Waals surface area (Å²) in [5.41, 5.74) is 0.113. The molecule has 0 N–H and O–H groups in total. The number of rotatable bonds is 6. The van der Waals surface area contributed by atoms with Gasteiger partial charge in [0.25, 0.3) is 5.91 Å². The number of ether oxygens (including phenoxy) is 1. The molecule has 0 saturated carbocycles. The van der Waals surface area contributed by atoms with Crippen molar-refractivity contribution in [1.29, 1.82) is 0 Å². The monoisotopic (exact) mass is 299 g/mol. The molecule has 0 aromatic carbocycles. The summed E-state index contributed by atoms with van der Waals surface area (Å²) < 4.78 is 4.87. The van der Waals surface area contributed by atoms with E-state index in [9.17, 15) is 9.59 Å². The molecule has 0 bridgehead atoms. The molecule has 0 spiro atoms. The van der Waals surface area contributed by atoms with Gasteiger partial charge in [-0.05, 0) is 12.8 Å². The molecule has 110 valence electrons. The van der Waals surface area contributed by atoms with E-state index in [0.29, 0.717) is 6.54 Å². The van der Waals surface area contributed by atoms with Gasteiger partial charge in [0.15, 0.2) is 0 Å². The van der Waals surface area contributed by atoms with Gasteiger partial charge in [0.2, 0.25) is 0 Å². The fourth-order valence-electron chi connectivity index (χ4n) is 1.63. The van der Waals surface area contributed by atoms with Crippen LogP contribution in [0, 0.1) is 5.92 Å². The molecule has 0 saturated heterocycles. The number of amides is 1. The Balaban J connectivity index is 2.86. The summed E-state index contributed by atoms with van der Waals surface area (Å²) in [6.07, 6.45) is 2.67. The van der Waals surface area contributed by atoms with Gasteiger partial charge in [-0.2, -0.15) is 0 Å². The largest absolute Gasteiger partial charge is 0.465 e.